The normalized spacial score (nSPS) is 13.2. The maximum absolute atomic E-state index is 11.1. The lowest BCUT2D eigenvalue weighted by Gasteiger charge is -2.20. The molecule has 1 aromatic rings. The summed E-state index contributed by atoms with van der Waals surface area (Å²) in [7, 11) is 0. The minimum atomic E-state index is -0.0477. The minimum absolute atomic E-state index is 0.0477. The van der Waals surface area contributed by atoms with Gasteiger partial charge in [0.05, 0.1) is 5.75 Å². The van der Waals surface area contributed by atoms with E-state index in [2.05, 4.69) is 17.9 Å². The molecule has 1 heterocycles. The van der Waals surface area contributed by atoms with Crippen LogP contribution in [-0.4, -0.2) is 31.4 Å². The molecule has 1 amide bonds. The van der Waals surface area contributed by atoms with Crippen LogP contribution < -0.4 is 14.8 Å². The van der Waals surface area contributed by atoms with Gasteiger partial charge in [0.15, 0.2) is 11.5 Å². The Labute approximate surface area is 112 Å². The Bertz CT molecular complexity index is 448. The van der Waals surface area contributed by atoms with Gasteiger partial charge in [0.2, 0.25) is 5.91 Å². The first-order chi connectivity index (χ1) is 8.70. The van der Waals surface area contributed by atoms with Crippen molar-refractivity contribution in [3.05, 3.63) is 23.3 Å². The third-order valence-electron chi connectivity index (χ3n) is 2.86. The summed E-state index contributed by atoms with van der Waals surface area (Å²) in [5, 5.41) is 2.80. The fourth-order valence-electron chi connectivity index (χ4n) is 1.89. The molecule has 0 fully saturated rings. The zero-order valence-electron chi connectivity index (χ0n) is 10.4. The first-order valence-corrected chi connectivity index (χ1v) is 6.60. The van der Waals surface area contributed by atoms with E-state index in [9.17, 15) is 4.79 Å². The molecule has 2 rings (SSSR count). The number of fused-ring (bicyclic) bond motifs is 1. The number of carbonyl (C=O) groups excluding carboxylic acids is 1. The van der Waals surface area contributed by atoms with Gasteiger partial charge >= 0.3 is 0 Å². The van der Waals surface area contributed by atoms with Crippen LogP contribution in [0.15, 0.2) is 12.1 Å². The molecular weight excluding hydrogens is 250 g/mol. The fraction of sp³-hybridized carbons (Fsp3) is 0.462. The number of ether oxygens (including phenoxy) is 2. The number of rotatable bonds is 4. The molecule has 1 N–H and O–H groups in total. The van der Waals surface area contributed by atoms with E-state index in [1.54, 1.807) is 0 Å². The molecule has 0 aliphatic carbocycles. The van der Waals surface area contributed by atoms with Gasteiger partial charge in [-0.25, -0.2) is 0 Å². The minimum Gasteiger partial charge on any atom is -0.486 e. The lowest BCUT2D eigenvalue weighted by atomic mass is 10.0. The Hall–Kier alpha value is -1.36. The van der Waals surface area contributed by atoms with Gasteiger partial charge in [-0.15, -0.1) is 0 Å². The average molecular weight is 267 g/mol. The predicted molar refractivity (Wildman–Crippen MR) is 72.7 cm³/mol. The summed E-state index contributed by atoms with van der Waals surface area (Å²) in [6.07, 6.45) is 0.780. The fourth-order valence-corrected chi connectivity index (χ4v) is 2.01. The summed E-state index contributed by atoms with van der Waals surface area (Å²) >= 11 is 3.91. The van der Waals surface area contributed by atoms with Crippen LogP contribution >= 0.6 is 12.6 Å². The van der Waals surface area contributed by atoms with Crippen molar-refractivity contribution in [2.24, 2.45) is 0 Å². The smallest absolute Gasteiger partial charge is 0.229 e. The molecule has 0 unspecified atom stereocenters. The van der Waals surface area contributed by atoms with E-state index in [4.69, 9.17) is 9.47 Å². The monoisotopic (exact) mass is 267 g/mol. The lowest BCUT2D eigenvalue weighted by Crippen LogP contribution is -2.26. The third kappa shape index (κ3) is 3.10. The van der Waals surface area contributed by atoms with Crippen LogP contribution in [0.1, 0.15) is 11.1 Å². The molecule has 1 aromatic carbocycles. The number of amides is 1. The first-order valence-electron chi connectivity index (χ1n) is 5.97. The molecule has 18 heavy (non-hydrogen) atoms. The Morgan fingerprint density at radius 1 is 1.33 bits per heavy atom. The highest BCUT2D eigenvalue weighted by molar-refractivity contribution is 7.81. The van der Waals surface area contributed by atoms with Gasteiger partial charge in [-0.2, -0.15) is 12.6 Å². The summed E-state index contributed by atoms with van der Waals surface area (Å²) in [5.74, 6) is 1.78. The highest BCUT2D eigenvalue weighted by Gasteiger charge is 2.13. The van der Waals surface area contributed by atoms with E-state index >= 15 is 0 Å². The maximum Gasteiger partial charge on any atom is 0.229 e. The summed E-state index contributed by atoms with van der Waals surface area (Å²) in [6, 6.07) is 3.99. The van der Waals surface area contributed by atoms with Crippen molar-refractivity contribution in [2.45, 2.75) is 13.3 Å². The maximum atomic E-state index is 11.1. The first kappa shape index (κ1) is 13.1. The molecule has 0 saturated heterocycles. The Balaban J connectivity index is 2.02. The molecule has 0 saturated carbocycles. The van der Waals surface area contributed by atoms with E-state index in [1.165, 1.54) is 5.56 Å². The van der Waals surface area contributed by atoms with Gasteiger partial charge < -0.3 is 14.8 Å². The van der Waals surface area contributed by atoms with Crippen LogP contribution in [-0.2, 0) is 11.2 Å². The molecule has 0 aromatic heterocycles. The molecule has 1 aliphatic heterocycles. The number of benzene rings is 1. The molecule has 0 bridgehead atoms. The number of aryl methyl sites for hydroxylation is 1. The third-order valence-corrected chi connectivity index (χ3v) is 3.15. The Morgan fingerprint density at radius 2 is 2.00 bits per heavy atom. The molecule has 98 valence electrons. The van der Waals surface area contributed by atoms with Crippen LogP contribution in [0.25, 0.3) is 0 Å². The van der Waals surface area contributed by atoms with Crippen molar-refractivity contribution < 1.29 is 14.3 Å². The molecule has 4 nitrogen and oxygen atoms in total. The van der Waals surface area contributed by atoms with Gasteiger partial charge in [-0.3, -0.25) is 4.79 Å². The molecule has 0 spiro atoms. The summed E-state index contributed by atoms with van der Waals surface area (Å²) < 4.78 is 11.1. The zero-order valence-corrected chi connectivity index (χ0v) is 11.3. The quantitative estimate of drug-likeness (QED) is 0.810. The van der Waals surface area contributed by atoms with Crippen molar-refractivity contribution in [3.8, 4) is 11.5 Å². The van der Waals surface area contributed by atoms with Gasteiger partial charge in [0.1, 0.15) is 13.2 Å². The van der Waals surface area contributed by atoms with Crippen LogP contribution in [0.2, 0.25) is 0 Å². The van der Waals surface area contributed by atoms with Gasteiger partial charge in [-0.1, -0.05) is 0 Å². The SMILES string of the molecule is Cc1cc2c(cc1CCNC(=O)CS)OCCO2. The highest BCUT2D eigenvalue weighted by Crippen LogP contribution is 2.33. The Morgan fingerprint density at radius 3 is 2.67 bits per heavy atom. The van der Waals surface area contributed by atoms with Crippen LogP contribution in [0.4, 0.5) is 0 Å². The van der Waals surface area contributed by atoms with E-state index in [-0.39, 0.29) is 11.7 Å². The highest BCUT2D eigenvalue weighted by atomic mass is 32.1. The number of thiol groups is 1. The van der Waals surface area contributed by atoms with E-state index in [0.29, 0.717) is 19.8 Å². The topological polar surface area (TPSA) is 47.6 Å². The average Bonchev–Trinajstić information content (AvgIpc) is 2.39. The molecular formula is C13H17NO3S. The van der Waals surface area contributed by atoms with E-state index < -0.39 is 0 Å². The second-order valence-corrected chi connectivity index (χ2v) is 4.50. The lowest BCUT2D eigenvalue weighted by molar-refractivity contribution is -0.118. The number of hydrogen-bond donors (Lipinski definition) is 2. The number of carbonyl (C=O) groups is 1. The second kappa shape index (κ2) is 6.00. The number of nitrogens with one attached hydrogen (secondary N) is 1. The standard InChI is InChI=1S/C13H17NO3S/c1-9-6-11-12(17-5-4-16-11)7-10(9)2-3-14-13(15)8-18/h6-7,18H,2-5,8H2,1H3,(H,14,15). The summed E-state index contributed by atoms with van der Waals surface area (Å²) in [4.78, 5) is 11.1. The molecule has 0 atom stereocenters. The predicted octanol–water partition coefficient (Wildman–Crippen LogP) is 1.35. The zero-order chi connectivity index (χ0) is 13.0. The Kier molecular flexibility index (Phi) is 4.36. The van der Waals surface area contributed by atoms with Crippen molar-refractivity contribution in [2.75, 3.05) is 25.5 Å². The van der Waals surface area contributed by atoms with Crippen molar-refractivity contribution in [3.63, 3.8) is 0 Å². The molecule has 5 heteroatoms. The van der Waals surface area contributed by atoms with Crippen LogP contribution in [0, 0.1) is 6.92 Å². The molecule has 1 aliphatic rings. The van der Waals surface area contributed by atoms with Crippen LogP contribution in [0.5, 0.6) is 11.5 Å². The van der Waals surface area contributed by atoms with Gasteiger partial charge in [0, 0.05) is 6.54 Å². The number of hydrogen-bond acceptors (Lipinski definition) is 4. The van der Waals surface area contributed by atoms with Crippen molar-refractivity contribution >= 4 is 18.5 Å². The largest absolute Gasteiger partial charge is 0.486 e. The van der Waals surface area contributed by atoms with Crippen molar-refractivity contribution in [1.82, 2.24) is 5.32 Å². The van der Waals surface area contributed by atoms with Crippen molar-refractivity contribution in [1.29, 1.82) is 0 Å². The van der Waals surface area contributed by atoms with Gasteiger partial charge in [0.25, 0.3) is 0 Å². The van der Waals surface area contributed by atoms with E-state index in [1.807, 2.05) is 19.1 Å². The summed E-state index contributed by atoms with van der Waals surface area (Å²) in [5.41, 5.74) is 2.32. The second-order valence-electron chi connectivity index (χ2n) is 4.18. The van der Waals surface area contributed by atoms with Crippen LogP contribution in [0.3, 0.4) is 0 Å². The van der Waals surface area contributed by atoms with E-state index in [0.717, 1.165) is 23.5 Å². The summed E-state index contributed by atoms with van der Waals surface area (Å²) in [6.45, 7) is 3.84. The molecule has 0 radical (unpaired) electrons. The van der Waals surface area contributed by atoms with Gasteiger partial charge in [-0.05, 0) is 36.6 Å².